The van der Waals surface area contributed by atoms with Crippen molar-refractivity contribution in [3.8, 4) is 6.07 Å². The first-order valence-electron chi connectivity index (χ1n) is 3.53. The lowest BCUT2D eigenvalue weighted by molar-refractivity contribution is -0.128. The second kappa shape index (κ2) is 5.69. The van der Waals surface area contributed by atoms with E-state index in [0.717, 1.165) is 6.42 Å². The summed E-state index contributed by atoms with van der Waals surface area (Å²) in [5.74, 6) is -0.138. The van der Waals surface area contributed by atoms with Gasteiger partial charge >= 0.3 is 0 Å². The van der Waals surface area contributed by atoms with Crippen LogP contribution in [0.1, 0.15) is 12.8 Å². The van der Waals surface area contributed by atoms with Crippen LogP contribution in [-0.2, 0) is 4.79 Å². The highest BCUT2D eigenvalue weighted by Crippen LogP contribution is 1.90. The number of nitriles is 1. The molecule has 4 heteroatoms. The van der Waals surface area contributed by atoms with E-state index < -0.39 is 0 Å². The fourth-order valence-electron chi connectivity index (χ4n) is 0.656. The maximum absolute atomic E-state index is 10.9. The Morgan fingerprint density at radius 2 is 2.36 bits per heavy atom. The lowest BCUT2D eigenvalue weighted by Gasteiger charge is -2.14. The van der Waals surface area contributed by atoms with Crippen LogP contribution in [0.15, 0.2) is 0 Å². The van der Waals surface area contributed by atoms with E-state index in [0.29, 0.717) is 13.1 Å². The first kappa shape index (κ1) is 9.92. The van der Waals surface area contributed by atoms with Crippen LogP contribution in [0.2, 0.25) is 0 Å². The molecule has 2 N–H and O–H groups in total. The molecule has 62 valence electrons. The molecule has 0 atom stereocenters. The largest absolute Gasteiger partial charge is 0.345 e. The Labute approximate surface area is 66.6 Å². The van der Waals surface area contributed by atoms with Gasteiger partial charge in [-0.05, 0) is 13.0 Å². The minimum atomic E-state index is -0.138. The van der Waals surface area contributed by atoms with Crippen molar-refractivity contribution in [1.82, 2.24) is 4.90 Å². The Morgan fingerprint density at radius 3 is 2.82 bits per heavy atom. The van der Waals surface area contributed by atoms with Gasteiger partial charge < -0.3 is 10.6 Å². The number of nitrogens with two attached hydrogens (primary N) is 1. The summed E-state index contributed by atoms with van der Waals surface area (Å²) in [5, 5.41) is 8.19. The van der Waals surface area contributed by atoms with Gasteiger partial charge in [0.25, 0.3) is 0 Å². The molecule has 0 aliphatic heterocycles. The van der Waals surface area contributed by atoms with Crippen molar-refractivity contribution in [2.24, 2.45) is 5.73 Å². The molecule has 0 radical (unpaired) electrons. The van der Waals surface area contributed by atoms with Gasteiger partial charge in [0.1, 0.15) is 6.42 Å². The van der Waals surface area contributed by atoms with Gasteiger partial charge in [-0.1, -0.05) is 0 Å². The number of amides is 1. The standard InChI is InChI=1S/C7H13N3O/c1-10(6-2-4-8)7(11)3-5-9/h2-4,6,8H2,1H3. The van der Waals surface area contributed by atoms with Crippen molar-refractivity contribution in [2.75, 3.05) is 20.1 Å². The lowest BCUT2D eigenvalue weighted by Crippen LogP contribution is -2.28. The highest BCUT2D eigenvalue weighted by molar-refractivity contribution is 5.77. The van der Waals surface area contributed by atoms with Gasteiger partial charge in [-0.2, -0.15) is 5.26 Å². The van der Waals surface area contributed by atoms with Crippen LogP contribution in [0, 0.1) is 11.3 Å². The molecule has 4 nitrogen and oxygen atoms in total. The third kappa shape index (κ3) is 4.34. The smallest absolute Gasteiger partial charge is 0.236 e. The zero-order valence-corrected chi connectivity index (χ0v) is 6.71. The molecule has 1 amide bonds. The Morgan fingerprint density at radius 1 is 1.73 bits per heavy atom. The predicted octanol–water partition coefficient (Wildman–Crippen LogP) is -0.293. The summed E-state index contributed by atoms with van der Waals surface area (Å²) in [6.07, 6.45) is 0.745. The third-order valence-electron chi connectivity index (χ3n) is 1.35. The molecule has 0 aliphatic carbocycles. The number of carbonyl (C=O) groups is 1. The van der Waals surface area contributed by atoms with Crippen LogP contribution in [-0.4, -0.2) is 30.9 Å². The van der Waals surface area contributed by atoms with E-state index in [1.807, 2.05) is 0 Å². The molecule has 0 aromatic carbocycles. The molecule has 0 aromatic heterocycles. The minimum absolute atomic E-state index is 0.0406. The van der Waals surface area contributed by atoms with Crippen molar-refractivity contribution in [3.63, 3.8) is 0 Å². The van der Waals surface area contributed by atoms with Gasteiger partial charge in [-0.25, -0.2) is 0 Å². The number of hydrogen-bond acceptors (Lipinski definition) is 3. The Balaban J connectivity index is 3.57. The number of nitrogens with zero attached hydrogens (tertiary/aromatic N) is 2. The monoisotopic (exact) mass is 155 g/mol. The molecule has 11 heavy (non-hydrogen) atoms. The van der Waals surface area contributed by atoms with Crippen molar-refractivity contribution in [2.45, 2.75) is 12.8 Å². The molecule has 0 rings (SSSR count). The third-order valence-corrected chi connectivity index (χ3v) is 1.35. The summed E-state index contributed by atoms with van der Waals surface area (Å²) in [6, 6.07) is 1.80. The Hall–Kier alpha value is -1.08. The highest BCUT2D eigenvalue weighted by Gasteiger charge is 2.05. The molecule has 0 spiro atoms. The van der Waals surface area contributed by atoms with E-state index in [1.54, 1.807) is 13.1 Å². The minimum Gasteiger partial charge on any atom is -0.345 e. The summed E-state index contributed by atoms with van der Waals surface area (Å²) in [6.45, 7) is 1.21. The number of hydrogen-bond donors (Lipinski definition) is 1. The normalized spacial score (nSPS) is 8.82. The number of carbonyl (C=O) groups excluding carboxylic acids is 1. The van der Waals surface area contributed by atoms with E-state index in [4.69, 9.17) is 11.0 Å². The van der Waals surface area contributed by atoms with Crippen molar-refractivity contribution < 1.29 is 4.79 Å². The van der Waals surface area contributed by atoms with Gasteiger partial charge in [0.2, 0.25) is 5.91 Å². The Bertz CT molecular complexity index is 162. The quantitative estimate of drug-likeness (QED) is 0.606. The summed E-state index contributed by atoms with van der Waals surface area (Å²) < 4.78 is 0. The van der Waals surface area contributed by atoms with Crippen LogP contribution in [0.3, 0.4) is 0 Å². The molecule has 0 fully saturated rings. The van der Waals surface area contributed by atoms with Crippen molar-refractivity contribution in [1.29, 1.82) is 5.26 Å². The van der Waals surface area contributed by atoms with E-state index in [1.165, 1.54) is 4.90 Å². The van der Waals surface area contributed by atoms with E-state index in [-0.39, 0.29) is 12.3 Å². The van der Waals surface area contributed by atoms with Crippen LogP contribution >= 0.6 is 0 Å². The Kier molecular flexibility index (Phi) is 5.13. The molecule has 0 aromatic rings. The van der Waals surface area contributed by atoms with Crippen LogP contribution in [0.25, 0.3) is 0 Å². The van der Waals surface area contributed by atoms with Gasteiger partial charge in [-0.15, -0.1) is 0 Å². The van der Waals surface area contributed by atoms with Gasteiger partial charge in [0.05, 0.1) is 6.07 Å². The maximum atomic E-state index is 10.9. The van der Waals surface area contributed by atoms with Crippen LogP contribution in [0.5, 0.6) is 0 Å². The van der Waals surface area contributed by atoms with Crippen molar-refractivity contribution in [3.05, 3.63) is 0 Å². The average molecular weight is 155 g/mol. The average Bonchev–Trinajstić information content (AvgIpc) is 2.00. The van der Waals surface area contributed by atoms with Gasteiger partial charge in [0.15, 0.2) is 0 Å². The SMILES string of the molecule is CN(CCCN)C(=O)CC#N. The van der Waals surface area contributed by atoms with Gasteiger partial charge in [0, 0.05) is 13.6 Å². The number of rotatable bonds is 4. The second-order valence-electron chi connectivity index (χ2n) is 2.29. The fourth-order valence-corrected chi connectivity index (χ4v) is 0.656. The summed E-state index contributed by atoms with van der Waals surface area (Å²) >= 11 is 0. The fraction of sp³-hybridized carbons (Fsp3) is 0.714. The maximum Gasteiger partial charge on any atom is 0.236 e. The molecular formula is C7H13N3O. The van der Waals surface area contributed by atoms with E-state index >= 15 is 0 Å². The molecule has 0 saturated heterocycles. The van der Waals surface area contributed by atoms with E-state index in [2.05, 4.69) is 0 Å². The predicted molar refractivity (Wildman–Crippen MR) is 41.5 cm³/mol. The topological polar surface area (TPSA) is 70.1 Å². The second-order valence-corrected chi connectivity index (χ2v) is 2.29. The van der Waals surface area contributed by atoms with Crippen molar-refractivity contribution >= 4 is 5.91 Å². The first-order chi connectivity index (χ1) is 5.22. The lowest BCUT2D eigenvalue weighted by atomic mass is 10.3. The molecule has 0 aliphatic rings. The molecule has 0 bridgehead atoms. The molecular weight excluding hydrogens is 142 g/mol. The molecule has 0 saturated carbocycles. The summed E-state index contributed by atoms with van der Waals surface area (Å²) in [4.78, 5) is 12.4. The summed E-state index contributed by atoms with van der Waals surface area (Å²) in [5.41, 5.74) is 5.25. The highest BCUT2D eigenvalue weighted by atomic mass is 16.2. The van der Waals surface area contributed by atoms with Crippen LogP contribution in [0.4, 0.5) is 0 Å². The molecule has 0 unspecified atom stereocenters. The van der Waals surface area contributed by atoms with Gasteiger partial charge in [-0.3, -0.25) is 4.79 Å². The summed E-state index contributed by atoms with van der Waals surface area (Å²) in [7, 11) is 1.68. The zero-order valence-electron chi connectivity index (χ0n) is 6.71. The molecule has 0 heterocycles. The zero-order chi connectivity index (χ0) is 8.69. The van der Waals surface area contributed by atoms with Crippen LogP contribution < -0.4 is 5.73 Å². The first-order valence-corrected chi connectivity index (χ1v) is 3.53. The van der Waals surface area contributed by atoms with E-state index in [9.17, 15) is 4.79 Å².